The first-order valence-corrected chi connectivity index (χ1v) is 8.35. The van der Waals surface area contributed by atoms with Crippen LogP contribution in [0.15, 0.2) is 48.5 Å². The molecule has 3 N–H and O–H groups in total. The quantitative estimate of drug-likeness (QED) is 0.811. The Hall–Kier alpha value is -2.33. The molecule has 1 amide bonds. The van der Waals surface area contributed by atoms with Gasteiger partial charge in [-0.2, -0.15) is 0 Å². The van der Waals surface area contributed by atoms with Crippen LogP contribution in [0.2, 0.25) is 0 Å². The smallest absolute Gasteiger partial charge is 0.241 e. The summed E-state index contributed by atoms with van der Waals surface area (Å²) in [7, 11) is 0. The van der Waals surface area contributed by atoms with Gasteiger partial charge in [0.1, 0.15) is 12.4 Å². The summed E-state index contributed by atoms with van der Waals surface area (Å²) >= 11 is 0. The Labute approximate surface area is 144 Å². The maximum absolute atomic E-state index is 12.3. The summed E-state index contributed by atoms with van der Waals surface area (Å²) in [6.07, 6.45) is 0.874. The largest absolute Gasteiger partial charge is 0.489 e. The van der Waals surface area contributed by atoms with Gasteiger partial charge in [-0.05, 0) is 42.2 Å². The lowest BCUT2D eigenvalue weighted by Gasteiger charge is -2.19. The van der Waals surface area contributed by atoms with Crippen molar-refractivity contribution < 1.29 is 9.53 Å². The zero-order valence-corrected chi connectivity index (χ0v) is 14.6. The highest BCUT2D eigenvalue weighted by Crippen LogP contribution is 2.21. The lowest BCUT2D eigenvalue weighted by molar-refractivity contribution is -0.118. The van der Waals surface area contributed by atoms with E-state index in [-0.39, 0.29) is 11.8 Å². The molecule has 4 heteroatoms. The third kappa shape index (κ3) is 4.59. The van der Waals surface area contributed by atoms with Crippen molar-refractivity contribution in [2.24, 2.45) is 11.7 Å². The second-order valence-corrected chi connectivity index (χ2v) is 6.09. The molecule has 128 valence electrons. The van der Waals surface area contributed by atoms with Gasteiger partial charge in [-0.3, -0.25) is 4.79 Å². The molecule has 0 aromatic heterocycles. The summed E-state index contributed by atoms with van der Waals surface area (Å²) in [5.41, 5.74) is 8.82. The number of carbonyl (C=O) groups is 1. The van der Waals surface area contributed by atoms with Crippen LogP contribution in [0.3, 0.4) is 0 Å². The SMILES string of the molecule is CCC(C)C(N)C(=O)Nc1cccc(COc2ccccc2)c1C. The Morgan fingerprint density at radius 1 is 1.17 bits per heavy atom. The van der Waals surface area contributed by atoms with Crippen LogP contribution < -0.4 is 15.8 Å². The van der Waals surface area contributed by atoms with E-state index in [9.17, 15) is 4.79 Å². The molecule has 0 saturated heterocycles. The molecule has 0 aliphatic rings. The molecular formula is C20H26N2O2. The van der Waals surface area contributed by atoms with Crippen molar-refractivity contribution in [3.8, 4) is 5.75 Å². The van der Waals surface area contributed by atoms with E-state index in [1.807, 2.05) is 69.3 Å². The molecule has 2 unspecified atom stereocenters. The van der Waals surface area contributed by atoms with E-state index in [0.717, 1.165) is 29.0 Å². The van der Waals surface area contributed by atoms with E-state index in [2.05, 4.69) is 5.32 Å². The minimum Gasteiger partial charge on any atom is -0.489 e. The molecule has 0 heterocycles. The summed E-state index contributed by atoms with van der Waals surface area (Å²) in [6.45, 7) is 6.46. The molecule has 2 atom stereocenters. The molecule has 0 aliphatic heterocycles. The molecule has 2 aromatic carbocycles. The van der Waals surface area contributed by atoms with Gasteiger partial charge in [-0.15, -0.1) is 0 Å². The van der Waals surface area contributed by atoms with Gasteiger partial charge >= 0.3 is 0 Å². The number of anilines is 1. The Balaban J connectivity index is 2.06. The monoisotopic (exact) mass is 326 g/mol. The molecule has 0 spiro atoms. The normalized spacial score (nSPS) is 13.2. The maximum Gasteiger partial charge on any atom is 0.241 e. The Morgan fingerprint density at radius 3 is 2.54 bits per heavy atom. The van der Waals surface area contributed by atoms with E-state index < -0.39 is 6.04 Å². The van der Waals surface area contributed by atoms with Crippen LogP contribution >= 0.6 is 0 Å². The van der Waals surface area contributed by atoms with Gasteiger partial charge in [0.2, 0.25) is 5.91 Å². The van der Waals surface area contributed by atoms with E-state index in [1.54, 1.807) is 0 Å². The predicted molar refractivity (Wildman–Crippen MR) is 98.0 cm³/mol. The van der Waals surface area contributed by atoms with Gasteiger partial charge < -0.3 is 15.8 Å². The Kier molecular flexibility index (Phi) is 6.38. The van der Waals surface area contributed by atoms with Crippen molar-refractivity contribution in [2.45, 2.75) is 39.8 Å². The lowest BCUT2D eigenvalue weighted by Crippen LogP contribution is -2.40. The molecule has 2 rings (SSSR count). The third-order valence-corrected chi connectivity index (χ3v) is 4.40. The molecule has 24 heavy (non-hydrogen) atoms. The minimum absolute atomic E-state index is 0.145. The fourth-order valence-electron chi connectivity index (χ4n) is 2.38. The lowest BCUT2D eigenvalue weighted by atomic mass is 9.99. The zero-order valence-electron chi connectivity index (χ0n) is 14.6. The zero-order chi connectivity index (χ0) is 17.5. The van der Waals surface area contributed by atoms with E-state index in [4.69, 9.17) is 10.5 Å². The predicted octanol–water partition coefficient (Wildman–Crippen LogP) is 3.89. The van der Waals surface area contributed by atoms with Crippen LogP contribution in [0.1, 0.15) is 31.4 Å². The molecule has 0 radical (unpaired) electrons. The summed E-state index contributed by atoms with van der Waals surface area (Å²) < 4.78 is 5.80. The molecule has 0 bridgehead atoms. The number of carbonyl (C=O) groups excluding carboxylic acids is 1. The standard InChI is InChI=1S/C20H26N2O2/c1-4-14(2)19(21)20(23)22-18-12-8-9-16(15(18)3)13-24-17-10-6-5-7-11-17/h5-12,14,19H,4,13,21H2,1-3H3,(H,22,23). The first kappa shape index (κ1) is 18.0. The topological polar surface area (TPSA) is 64.4 Å². The van der Waals surface area contributed by atoms with Crippen molar-refractivity contribution >= 4 is 11.6 Å². The Morgan fingerprint density at radius 2 is 1.88 bits per heavy atom. The summed E-state index contributed by atoms with van der Waals surface area (Å²) in [4.78, 5) is 12.3. The molecule has 0 aliphatic carbocycles. The number of hydrogen-bond donors (Lipinski definition) is 2. The van der Waals surface area contributed by atoms with Gasteiger partial charge in [0.15, 0.2) is 0 Å². The number of benzene rings is 2. The van der Waals surface area contributed by atoms with Crippen molar-refractivity contribution in [3.05, 3.63) is 59.7 Å². The number of nitrogens with one attached hydrogen (secondary N) is 1. The van der Waals surface area contributed by atoms with E-state index in [0.29, 0.717) is 6.61 Å². The highest BCUT2D eigenvalue weighted by atomic mass is 16.5. The molecule has 0 saturated carbocycles. The number of hydrogen-bond acceptors (Lipinski definition) is 3. The molecule has 4 nitrogen and oxygen atoms in total. The van der Waals surface area contributed by atoms with Crippen LogP contribution in [-0.2, 0) is 11.4 Å². The van der Waals surface area contributed by atoms with Gasteiger partial charge in [0, 0.05) is 5.69 Å². The number of amides is 1. The number of para-hydroxylation sites is 1. The molecular weight excluding hydrogens is 300 g/mol. The summed E-state index contributed by atoms with van der Waals surface area (Å²) in [5.74, 6) is 0.827. The van der Waals surface area contributed by atoms with E-state index >= 15 is 0 Å². The molecule has 0 fully saturated rings. The number of nitrogens with two attached hydrogens (primary N) is 1. The first-order chi connectivity index (χ1) is 11.5. The van der Waals surface area contributed by atoms with Crippen LogP contribution in [0, 0.1) is 12.8 Å². The van der Waals surface area contributed by atoms with Gasteiger partial charge in [-0.1, -0.05) is 50.6 Å². The van der Waals surface area contributed by atoms with Crippen LogP contribution in [-0.4, -0.2) is 11.9 Å². The first-order valence-electron chi connectivity index (χ1n) is 8.35. The fraction of sp³-hybridized carbons (Fsp3) is 0.350. The van der Waals surface area contributed by atoms with Crippen molar-refractivity contribution in [2.75, 3.05) is 5.32 Å². The second kappa shape index (κ2) is 8.50. The van der Waals surface area contributed by atoms with Gasteiger partial charge in [-0.25, -0.2) is 0 Å². The average molecular weight is 326 g/mol. The summed E-state index contributed by atoms with van der Waals surface area (Å²) in [6, 6.07) is 15.0. The van der Waals surface area contributed by atoms with Crippen LogP contribution in [0.4, 0.5) is 5.69 Å². The highest BCUT2D eigenvalue weighted by molar-refractivity contribution is 5.95. The van der Waals surface area contributed by atoms with E-state index in [1.165, 1.54) is 0 Å². The van der Waals surface area contributed by atoms with Crippen molar-refractivity contribution in [1.82, 2.24) is 0 Å². The van der Waals surface area contributed by atoms with Crippen molar-refractivity contribution in [1.29, 1.82) is 0 Å². The van der Waals surface area contributed by atoms with Crippen LogP contribution in [0.25, 0.3) is 0 Å². The second-order valence-electron chi connectivity index (χ2n) is 6.09. The third-order valence-electron chi connectivity index (χ3n) is 4.40. The van der Waals surface area contributed by atoms with Gasteiger partial charge in [0.05, 0.1) is 6.04 Å². The van der Waals surface area contributed by atoms with Crippen molar-refractivity contribution in [3.63, 3.8) is 0 Å². The minimum atomic E-state index is -0.501. The Bertz CT molecular complexity index is 671. The number of rotatable bonds is 7. The van der Waals surface area contributed by atoms with Gasteiger partial charge in [0.25, 0.3) is 0 Å². The maximum atomic E-state index is 12.3. The average Bonchev–Trinajstić information content (AvgIpc) is 2.61. The number of ether oxygens (including phenoxy) is 1. The summed E-state index contributed by atoms with van der Waals surface area (Å²) in [5, 5.41) is 2.94. The molecule has 2 aromatic rings. The fourth-order valence-corrected chi connectivity index (χ4v) is 2.38. The van der Waals surface area contributed by atoms with Crippen LogP contribution in [0.5, 0.6) is 5.75 Å². The highest BCUT2D eigenvalue weighted by Gasteiger charge is 2.20.